The van der Waals surface area contributed by atoms with Crippen LogP contribution in [-0.2, 0) is 0 Å². The van der Waals surface area contributed by atoms with Crippen molar-refractivity contribution in [2.45, 2.75) is 31.3 Å². The first-order valence-corrected chi connectivity index (χ1v) is 8.22. The number of thioether (sulfide) groups is 2. The summed E-state index contributed by atoms with van der Waals surface area (Å²) < 4.78 is 0. The molecule has 0 spiro atoms. The van der Waals surface area contributed by atoms with Crippen molar-refractivity contribution in [1.82, 2.24) is 4.98 Å². The summed E-state index contributed by atoms with van der Waals surface area (Å²) in [5, 5.41) is 2.20. The summed E-state index contributed by atoms with van der Waals surface area (Å²) in [5.74, 6) is 2.56. The number of thiazole rings is 1. The van der Waals surface area contributed by atoms with E-state index in [9.17, 15) is 4.79 Å². The van der Waals surface area contributed by atoms with Gasteiger partial charge >= 0.3 is 0 Å². The van der Waals surface area contributed by atoms with Gasteiger partial charge < -0.3 is 0 Å². The number of carbonyl (C=O) groups is 1. The predicted octanol–water partition coefficient (Wildman–Crippen LogP) is 3.56. The third-order valence-corrected chi connectivity index (χ3v) is 7.15. The number of hydrogen-bond acceptors (Lipinski definition) is 5. The van der Waals surface area contributed by atoms with E-state index in [4.69, 9.17) is 0 Å². The minimum absolute atomic E-state index is 0.141. The Kier molecular flexibility index (Phi) is 3.97. The maximum absolute atomic E-state index is 11.4. The van der Waals surface area contributed by atoms with Crippen LogP contribution < -0.4 is 0 Å². The van der Waals surface area contributed by atoms with Crippen molar-refractivity contribution in [2.75, 3.05) is 11.5 Å². The highest BCUT2D eigenvalue weighted by Gasteiger charge is 2.28. The molecule has 2 rings (SSSR count). The molecule has 1 fully saturated rings. The van der Waals surface area contributed by atoms with E-state index < -0.39 is 0 Å². The minimum Gasteiger partial charge on any atom is -0.294 e. The van der Waals surface area contributed by atoms with Gasteiger partial charge in [-0.2, -0.15) is 11.8 Å². The van der Waals surface area contributed by atoms with E-state index in [1.165, 1.54) is 11.5 Å². The van der Waals surface area contributed by atoms with E-state index in [2.05, 4.69) is 11.9 Å². The molecule has 0 amide bonds. The van der Waals surface area contributed by atoms with Gasteiger partial charge in [0.2, 0.25) is 0 Å². The Hall–Kier alpha value is -0.0000000000000000555. The Balaban J connectivity index is 2.26. The summed E-state index contributed by atoms with van der Waals surface area (Å²) in [6, 6.07) is 0. The highest BCUT2D eigenvalue weighted by Crippen LogP contribution is 2.44. The molecule has 5 heteroatoms. The third kappa shape index (κ3) is 2.46. The molecule has 16 heavy (non-hydrogen) atoms. The second kappa shape index (κ2) is 5.10. The number of aromatic nitrogens is 1. The number of nitrogens with zero attached hydrogens (tertiary/aromatic N) is 1. The maximum Gasteiger partial charge on any atom is 0.171 e. The van der Waals surface area contributed by atoms with Crippen LogP contribution in [0.1, 0.15) is 39.5 Å². The van der Waals surface area contributed by atoms with Crippen molar-refractivity contribution in [3.8, 4) is 0 Å². The number of carbonyl (C=O) groups excluding carboxylic acids is 1. The van der Waals surface area contributed by atoms with Gasteiger partial charge in [-0.1, -0.05) is 6.92 Å². The smallest absolute Gasteiger partial charge is 0.171 e. The van der Waals surface area contributed by atoms with Crippen LogP contribution in [0.15, 0.2) is 0 Å². The molecule has 88 valence electrons. The molecular weight excluding hydrogens is 258 g/mol. The lowest BCUT2D eigenvalue weighted by Gasteiger charge is -2.25. The van der Waals surface area contributed by atoms with Crippen molar-refractivity contribution in [2.24, 2.45) is 0 Å². The summed E-state index contributed by atoms with van der Waals surface area (Å²) in [6.45, 7) is 5.81. The van der Waals surface area contributed by atoms with Gasteiger partial charge in [-0.05, 0) is 6.92 Å². The third-order valence-electron chi connectivity index (χ3n) is 2.56. The van der Waals surface area contributed by atoms with Crippen LogP contribution in [0.3, 0.4) is 0 Å². The molecule has 0 bridgehead atoms. The molecule has 1 aliphatic rings. The Morgan fingerprint density at radius 2 is 2.06 bits per heavy atom. The minimum atomic E-state index is 0.141. The molecular formula is C11H15NOS3. The Bertz CT molecular complexity index is 402. The largest absolute Gasteiger partial charge is 0.294 e. The van der Waals surface area contributed by atoms with Crippen LogP contribution in [0.2, 0.25) is 0 Å². The SMILES string of the molecule is CC(=O)c1sc(C2SCCSC2C)nc1C. The average Bonchev–Trinajstić information content (AvgIpc) is 2.61. The predicted molar refractivity (Wildman–Crippen MR) is 74.0 cm³/mol. The van der Waals surface area contributed by atoms with Crippen LogP contribution in [-0.4, -0.2) is 27.5 Å². The first-order chi connectivity index (χ1) is 7.59. The summed E-state index contributed by atoms with van der Waals surface area (Å²) in [6.07, 6.45) is 0. The monoisotopic (exact) mass is 273 g/mol. The second-order valence-electron chi connectivity index (χ2n) is 3.89. The van der Waals surface area contributed by atoms with Crippen molar-refractivity contribution >= 4 is 40.6 Å². The molecule has 2 unspecified atom stereocenters. The van der Waals surface area contributed by atoms with Crippen LogP contribution in [0, 0.1) is 6.92 Å². The van der Waals surface area contributed by atoms with Crippen molar-refractivity contribution < 1.29 is 4.79 Å². The number of ketones is 1. The van der Waals surface area contributed by atoms with E-state index in [1.54, 1.807) is 18.3 Å². The Morgan fingerprint density at radius 1 is 1.38 bits per heavy atom. The normalized spacial score (nSPS) is 25.7. The summed E-state index contributed by atoms with van der Waals surface area (Å²) >= 11 is 5.56. The van der Waals surface area contributed by atoms with Gasteiger partial charge in [0.1, 0.15) is 5.01 Å². The van der Waals surface area contributed by atoms with Gasteiger partial charge in [0.25, 0.3) is 0 Å². The van der Waals surface area contributed by atoms with Crippen LogP contribution in [0.4, 0.5) is 0 Å². The highest BCUT2D eigenvalue weighted by atomic mass is 32.2. The van der Waals surface area contributed by atoms with E-state index >= 15 is 0 Å². The molecule has 0 saturated carbocycles. The van der Waals surface area contributed by atoms with E-state index in [1.807, 2.05) is 30.4 Å². The number of rotatable bonds is 2. The zero-order chi connectivity index (χ0) is 11.7. The van der Waals surface area contributed by atoms with E-state index in [0.29, 0.717) is 10.5 Å². The van der Waals surface area contributed by atoms with Crippen LogP contribution in [0.5, 0.6) is 0 Å². The number of aryl methyl sites for hydroxylation is 1. The second-order valence-corrected chi connectivity index (χ2v) is 7.66. The lowest BCUT2D eigenvalue weighted by Crippen LogP contribution is -2.15. The van der Waals surface area contributed by atoms with Crippen molar-refractivity contribution in [1.29, 1.82) is 0 Å². The molecule has 2 nitrogen and oxygen atoms in total. The standard InChI is InChI=1S/C11H15NOS3/c1-6-9(7(2)13)16-11(12-6)10-8(3)14-4-5-15-10/h8,10H,4-5H2,1-3H3. The first-order valence-electron chi connectivity index (χ1n) is 5.31. The molecule has 1 aromatic heterocycles. The van der Waals surface area contributed by atoms with Gasteiger partial charge in [-0.3, -0.25) is 4.79 Å². The van der Waals surface area contributed by atoms with Crippen LogP contribution in [0.25, 0.3) is 0 Å². The molecule has 0 N–H and O–H groups in total. The molecule has 2 heterocycles. The fraction of sp³-hybridized carbons (Fsp3) is 0.636. The highest BCUT2D eigenvalue weighted by molar-refractivity contribution is 8.06. The van der Waals surface area contributed by atoms with Crippen molar-refractivity contribution in [3.63, 3.8) is 0 Å². The molecule has 0 radical (unpaired) electrons. The maximum atomic E-state index is 11.4. The molecule has 0 aliphatic carbocycles. The lowest BCUT2D eigenvalue weighted by molar-refractivity contribution is 0.102. The molecule has 1 aliphatic heterocycles. The van der Waals surface area contributed by atoms with Gasteiger partial charge in [0, 0.05) is 23.7 Å². The molecule has 2 atom stereocenters. The molecule has 1 aromatic rings. The fourth-order valence-electron chi connectivity index (χ4n) is 1.77. The Labute approximate surface area is 109 Å². The van der Waals surface area contributed by atoms with Crippen molar-refractivity contribution in [3.05, 3.63) is 15.6 Å². The Morgan fingerprint density at radius 3 is 2.62 bits per heavy atom. The average molecular weight is 273 g/mol. The zero-order valence-electron chi connectivity index (χ0n) is 9.65. The van der Waals surface area contributed by atoms with Gasteiger partial charge in [-0.15, -0.1) is 23.1 Å². The topological polar surface area (TPSA) is 30.0 Å². The molecule has 0 aromatic carbocycles. The molecule has 1 saturated heterocycles. The van der Waals surface area contributed by atoms with Gasteiger partial charge in [-0.25, -0.2) is 4.98 Å². The zero-order valence-corrected chi connectivity index (χ0v) is 12.1. The fourth-order valence-corrected chi connectivity index (χ4v) is 5.89. The summed E-state index contributed by atoms with van der Waals surface area (Å²) in [4.78, 5) is 16.8. The van der Waals surface area contributed by atoms with Gasteiger partial charge in [0.15, 0.2) is 5.78 Å². The lowest BCUT2D eigenvalue weighted by atomic mass is 10.3. The first kappa shape index (κ1) is 12.5. The summed E-state index contributed by atoms with van der Waals surface area (Å²) in [7, 11) is 0. The van der Waals surface area contributed by atoms with E-state index in [-0.39, 0.29) is 5.78 Å². The number of hydrogen-bond donors (Lipinski definition) is 0. The van der Waals surface area contributed by atoms with E-state index in [0.717, 1.165) is 15.6 Å². The quantitative estimate of drug-likeness (QED) is 0.771. The number of Topliss-reactive ketones (excluding diaryl/α,β-unsaturated/α-hetero) is 1. The summed E-state index contributed by atoms with van der Waals surface area (Å²) in [5.41, 5.74) is 0.899. The van der Waals surface area contributed by atoms with Gasteiger partial charge in [0.05, 0.1) is 15.8 Å². The van der Waals surface area contributed by atoms with Crippen LogP contribution >= 0.6 is 34.9 Å².